The number of carbonyl (C=O) groups is 5. The van der Waals surface area contributed by atoms with E-state index < -0.39 is 53.8 Å². The number of amides is 3. The quantitative estimate of drug-likeness (QED) is 0.123. The molecule has 4 atom stereocenters. The summed E-state index contributed by atoms with van der Waals surface area (Å²) in [6.45, 7) is 0.370. The molecule has 9 N–H and O–H groups in total. The van der Waals surface area contributed by atoms with Crippen LogP contribution in [0.1, 0.15) is 43.2 Å². The van der Waals surface area contributed by atoms with Gasteiger partial charge in [-0.3, -0.25) is 19.2 Å². The van der Waals surface area contributed by atoms with Gasteiger partial charge in [-0.1, -0.05) is 60.7 Å². The van der Waals surface area contributed by atoms with E-state index in [2.05, 4.69) is 16.0 Å². The first-order valence-corrected chi connectivity index (χ1v) is 13.5. The Labute approximate surface area is 238 Å². The molecule has 2 rings (SSSR count). The molecule has 0 saturated heterocycles. The minimum Gasteiger partial charge on any atom is -0.481 e. The largest absolute Gasteiger partial charge is 0.481 e. The number of rotatable bonds is 18. The van der Waals surface area contributed by atoms with Crippen molar-refractivity contribution in [2.24, 2.45) is 11.5 Å². The van der Waals surface area contributed by atoms with Crippen LogP contribution in [0.2, 0.25) is 0 Å². The van der Waals surface area contributed by atoms with Crippen molar-refractivity contribution in [2.75, 3.05) is 6.54 Å². The van der Waals surface area contributed by atoms with Gasteiger partial charge in [-0.2, -0.15) is 0 Å². The fourth-order valence-electron chi connectivity index (χ4n) is 4.10. The standard InChI is InChI=1S/C29H39N5O7/c30-16-8-7-13-22(27(38)34-24(29(40)41)18-20-11-5-2-6-12-20)32-28(39)23(17-19-9-3-1-4-10-19)33-26(37)21(31)14-15-25(35)36/h1-6,9-12,21-24H,7-8,13-18,30-31H2,(H,32,39)(H,33,37)(H,34,38)(H,35,36)(H,40,41). The monoisotopic (exact) mass is 569 g/mol. The van der Waals surface area contributed by atoms with Crippen LogP contribution >= 0.6 is 0 Å². The van der Waals surface area contributed by atoms with Gasteiger partial charge in [0.15, 0.2) is 0 Å². The third-order valence-electron chi connectivity index (χ3n) is 6.40. The number of hydrogen-bond acceptors (Lipinski definition) is 7. The van der Waals surface area contributed by atoms with Crippen LogP contribution in [0.3, 0.4) is 0 Å². The Kier molecular flexibility index (Phi) is 14.0. The van der Waals surface area contributed by atoms with E-state index >= 15 is 0 Å². The van der Waals surface area contributed by atoms with E-state index in [1.807, 2.05) is 0 Å². The molecule has 222 valence electrons. The number of benzene rings is 2. The SMILES string of the molecule is NCCCCC(NC(=O)C(Cc1ccccc1)NC(=O)C(N)CCC(=O)O)C(=O)NC(Cc1ccccc1)C(=O)O. The van der Waals surface area contributed by atoms with Crippen LogP contribution < -0.4 is 27.4 Å². The zero-order chi connectivity index (χ0) is 30.2. The Balaban J connectivity index is 2.21. The normalized spacial score (nSPS) is 13.7. The van der Waals surface area contributed by atoms with Crippen LogP contribution in [-0.4, -0.2) is 70.6 Å². The Hall–Kier alpha value is -4.29. The lowest BCUT2D eigenvalue weighted by atomic mass is 10.0. The van der Waals surface area contributed by atoms with E-state index in [0.29, 0.717) is 24.9 Å². The maximum atomic E-state index is 13.4. The molecular formula is C29H39N5O7. The van der Waals surface area contributed by atoms with Crippen molar-refractivity contribution in [1.82, 2.24) is 16.0 Å². The Morgan fingerprint density at radius 1 is 0.659 bits per heavy atom. The minimum absolute atomic E-state index is 0.0479. The molecule has 3 amide bonds. The highest BCUT2D eigenvalue weighted by atomic mass is 16.4. The first-order chi connectivity index (χ1) is 19.6. The second kappa shape index (κ2) is 17.4. The number of unbranched alkanes of at least 4 members (excludes halogenated alkanes) is 1. The molecule has 0 aliphatic heterocycles. The van der Waals surface area contributed by atoms with E-state index in [1.54, 1.807) is 60.7 Å². The summed E-state index contributed by atoms with van der Waals surface area (Å²) in [4.78, 5) is 62.2. The summed E-state index contributed by atoms with van der Waals surface area (Å²) in [5, 5.41) is 26.4. The second-order valence-corrected chi connectivity index (χ2v) is 9.72. The van der Waals surface area contributed by atoms with E-state index in [9.17, 15) is 29.1 Å². The van der Waals surface area contributed by atoms with Crippen molar-refractivity contribution in [2.45, 2.75) is 69.1 Å². The fourth-order valence-corrected chi connectivity index (χ4v) is 4.10. The van der Waals surface area contributed by atoms with Crippen molar-refractivity contribution in [1.29, 1.82) is 0 Å². The molecule has 0 aliphatic rings. The third kappa shape index (κ3) is 12.2. The molecule has 0 aromatic heterocycles. The van der Waals surface area contributed by atoms with Gasteiger partial charge in [-0.05, 0) is 43.4 Å². The van der Waals surface area contributed by atoms with Gasteiger partial charge in [0.2, 0.25) is 17.7 Å². The molecule has 0 heterocycles. The van der Waals surface area contributed by atoms with Crippen LogP contribution in [-0.2, 0) is 36.8 Å². The van der Waals surface area contributed by atoms with Gasteiger partial charge in [0.25, 0.3) is 0 Å². The molecule has 2 aromatic carbocycles. The van der Waals surface area contributed by atoms with Crippen molar-refractivity contribution < 1.29 is 34.2 Å². The summed E-state index contributed by atoms with van der Waals surface area (Å²) < 4.78 is 0. The lowest BCUT2D eigenvalue weighted by Gasteiger charge is -2.25. The molecule has 0 bridgehead atoms. The molecule has 0 saturated carbocycles. The predicted octanol–water partition coefficient (Wildman–Crippen LogP) is 0.332. The summed E-state index contributed by atoms with van der Waals surface area (Å²) in [6.07, 6.45) is 0.940. The number of aliphatic carboxylic acids is 2. The lowest BCUT2D eigenvalue weighted by molar-refractivity contribution is -0.142. The molecule has 12 heteroatoms. The van der Waals surface area contributed by atoms with E-state index in [0.717, 1.165) is 5.56 Å². The predicted molar refractivity (Wildman–Crippen MR) is 151 cm³/mol. The molecular weight excluding hydrogens is 530 g/mol. The lowest BCUT2D eigenvalue weighted by Crippen LogP contribution is -2.57. The molecule has 2 aromatic rings. The molecule has 0 spiro atoms. The average molecular weight is 570 g/mol. The zero-order valence-corrected chi connectivity index (χ0v) is 22.8. The molecule has 0 radical (unpaired) electrons. The second-order valence-electron chi connectivity index (χ2n) is 9.72. The molecule has 41 heavy (non-hydrogen) atoms. The first kappa shape index (κ1) is 32.9. The highest BCUT2D eigenvalue weighted by Gasteiger charge is 2.30. The van der Waals surface area contributed by atoms with Crippen LogP contribution in [0.25, 0.3) is 0 Å². The number of carboxylic acid groups (broad SMARTS) is 2. The number of carboxylic acids is 2. The summed E-state index contributed by atoms with van der Waals surface area (Å²) in [5.41, 5.74) is 12.9. The fraction of sp³-hybridized carbons (Fsp3) is 0.414. The average Bonchev–Trinajstić information content (AvgIpc) is 2.95. The van der Waals surface area contributed by atoms with Gasteiger partial charge < -0.3 is 37.6 Å². The van der Waals surface area contributed by atoms with Crippen molar-refractivity contribution >= 4 is 29.7 Å². The van der Waals surface area contributed by atoms with Gasteiger partial charge in [-0.15, -0.1) is 0 Å². The van der Waals surface area contributed by atoms with Crippen molar-refractivity contribution in [3.05, 3.63) is 71.8 Å². The van der Waals surface area contributed by atoms with E-state index in [4.69, 9.17) is 16.6 Å². The zero-order valence-electron chi connectivity index (χ0n) is 22.8. The van der Waals surface area contributed by atoms with Gasteiger partial charge >= 0.3 is 11.9 Å². The maximum Gasteiger partial charge on any atom is 0.326 e. The summed E-state index contributed by atoms with van der Waals surface area (Å²) in [6, 6.07) is 13.1. The Morgan fingerprint density at radius 2 is 1.15 bits per heavy atom. The highest BCUT2D eigenvalue weighted by Crippen LogP contribution is 2.09. The van der Waals surface area contributed by atoms with Gasteiger partial charge in [0.1, 0.15) is 18.1 Å². The minimum atomic E-state index is -1.23. The van der Waals surface area contributed by atoms with E-state index in [1.165, 1.54) is 0 Å². The summed E-state index contributed by atoms with van der Waals surface area (Å²) >= 11 is 0. The Bertz CT molecular complexity index is 1150. The molecule has 0 aliphatic carbocycles. The smallest absolute Gasteiger partial charge is 0.326 e. The third-order valence-corrected chi connectivity index (χ3v) is 6.40. The van der Waals surface area contributed by atoms with Crippen LogP contribution in [0.4, 0.5) is 0 Å². The summed E-state index contributed by atoms with van der Waals surface area (Å²) in [7, 11) is 0. The van der Waals surface area contributed by atoms with Crippen LogP contribution in [0.15, 0.2) is 60.7 Å². The van der Waals surface area contributed by atoms with Crippen molar-refractivity contribution in [3.8, 4) is 0 Å². The highest BCUT2D eigenvalue weighted by molar-refractivity contribution is 5.94. The van der Waals surface area contributed by atoms with Gasteiger partial charge in [-0.25, -0.2) is 4.79 Å². The number of carbonyl (C=O) groups excluding carboxylic acids is 3. The van der Waals surface area contributed by atoms with Crippen LogP contribution in [0, 0.1) is 0 Å². The number of hydrogen-bond donors (Lipinski definition) is 7. The topological polar surface area (TPSA) is 214 Å². The molecule has 12 nitrogen and oxygen atoms in total. The molecule has 4 unspecified atom stereocenters. The number of nitrogens with two attached hydrogens (primary N) is 2. The summed E-state index contributed by atoms with van der Waals surface area (Å²) in [5.74, 6) is -4.39. The molecule has 0 fully saturated rings. The van der Waals surface area contributed by atoms with Gasteiger partial charge in [0.05, 0.1) is 6.04 Å². The Morgan fingerprint density at radius 3 is 1.66 bits per heavy atom. The maximum absolute atomic E-state index is 13.4. The number of nitrogens with one attached hydrogen (secondary N) is 3. The van der Waals surface area contributed by atoms with Crippen molar-refractivity contribution in [3.63, 3.8) is 0 Å². The van der Waals surface area contributed by atoms with Gasteiger partial charge in [0, 0.05) is 19.3 Å². The van der Waals surface area contributed by atoms with E-state index in [-0.39, 0.29) is 32.1 Å². The van der Waals surface area contributed by atoms with Crippen LogP contribution in [0.5, 0.6) is 0 Å². The first-order valence-electron chi connectivity index (χ1n) is 13.5.